The van der Waals surface area contributed by atoms with Gasteiger partial charge in [-0.2, -0.15) is 15.2 Å². The third kappa shape index (κ3) is 4.59. The second-order valence-electron chi connectivity index (χ2n) is 8.56. The summed E-state index contributed by atoms with van der Waals surface area (Å²) in [6, 6.07) is 10.3. The number of nitrogens with zero attached hydrogens (tertiary/aromatic N) is 6. The van der Waals surface area contributed by atoms with Crippen molar-refractivity contribution in [2.75, 3.05) is 10.4 Å². The molecule has 1 aliphatic heterocycles. The number of para-hydroxylation sites is 1. The van der Waals surface area contributed by atoms with Crippen LogP contribution in [0.15, 0.2) is 46.6 Å². The van der Waals surface area contributed by atoms with E-state index in [2.05, 4.69) is 36.3 Å². The molecule has 0 radical (unpaired) electrons. The van der Waals surface area contributed by atoms with Crippen molar-refractivity contribution in [3.05, 3.63) is 57.8 Å². The van der Waals surface area contributed by atoms with Gasteiger partial charge in [0.15, 0.2) is 11.5 Å². The van der Waals surface area contributed by atoms with E-state index >= 15 is 0 Å². The zero-order valence-electron chi connectivity index (χ0n) is 18.7. The third-order valence-electron chi connectivity index (χ3n) is 6.35. The van der Waals surface area contributed by atoms with E-state index in [9.17, 15) is 9.90 Å². The molecule has 1 amide bonds. The number of anilines is 2. The smallest absolute Gasteiger partial charge is 0.301 e. The fourth-order valence-electron chi connectivity index (χ4n) is 4.58. The Morgan fingerprint density at radius 1 is 1.17 bits per heavy atom. The zero-order chi connectivity index (χ0) is 24.5. The Morgan fingerprint density at radius 2 is 2.00 bits per heavy atom. The number of aromatic hydroxyl groups is 1. The minimum absolute atomic E-state index is 0.111. The Hall–Kier alpha value is -3.50. The molecular weight excluding hydrogens is 491 g/mol. The van der Waals surface area contributed by atoms with Gasteiger partial charge in [0, 0.05) is 5.92 Å². The van der Waals surface area contributed by atoms with E-state index in [0.29, 0.717) is 27.1 Å². The number of nitrogens with one attached hydrogen (secondary N) is 2. The molecule has 5 rings (SSSR count). The van der Waals surface area contributed by atoms with Crippen molar-refractivity contribution in [2.24, 2.45) is 10.2 Å². The van der Waals surface area contributed by atoms with Crippen molar-refractivity contribution >= 4 is 51.9 Å². The molecule has 1 saturated carbocycles. The molecule has 10 nitrogen and oxygen atoms in total. The SMILES string of the molecule is CC1=NN(c2ccc(Cl)c(Cl)c2)C(=O)/C1=N/Nc1cccc(C2CCCC(c3nnn[nH]3)C2)c1O. The maximum Gasteiger partial charge on any atom is 0.301 e. The van der Waals surface area contributed by atoms with Gasteiger partial charge in [0.25, 0.3) is 0 Å². The molecule has 0 saturated heterocycles. The summed E-state index contributed by atoms with van der Waals surface area (Å²) in [5.74, 6) is 0.826. The maximum atomic E-state index is 13.0. The number of hydrazone groups is 2. The van der Waals surface area contributed by atoms with Gasteiger partial charge in [-0.15, -0.1) is 5.10 Å². The first-order chi connectivity index (χ1) is 16.9. The van der Waals surface area contributed by atoms with Gasteiger partial charge in [-0.25, -0.2) is 5.10 Å². The fourth-order valence-corrected chi connectivity index (χ4v) is 4.87. The quantitative estimate of drug-likeness (QED) is 0.330. The number of H-pyrrole nitrogens is 1. The predicted octanol–water partition coefficient (Wildman–Crippen LogP) is 4.84. The second kappa shape index (κ2) is 9.63. The molecule has 1 aliphatic carbocycles. The van der Waals surface area contributed by atoms with Crippen LogP contribution in [0.3, 0.4) is 0 Å². The third-order valence-corrected chi connectivity index (χ3v) is 7.09. The van der Waals surface area contributed by atoms with Crippen LogP contribution in [0.5, 0.6) is 5.75 Å². The normalized spacial score (nSPS) is 21.5. The first-order valence-corrected chi connectivity index (χ1v) is 11.9. The number of rotatable bonds is 5. The minimum Gasteiger partial charge on any atom is -0.505 e. The summed E-state index contributed by atoms with van der Waals surface area (Å²) in [6.07, 6.45) is 3.78. The number of aromatic nitrogens is 4. The molecule has 0 spiro atoms. The van der Waals surface area contributed by atoms with Gasteiger partial charge in [0.1, 0.15) is 5.75 Å². The lowest BCUT2D eigenvalue weighted by Crippen LogP contribution is -2.28. The van der Waals surface area contributed by atoms with Crippen LogP contribution in [0, 0.1) is 0 Å². The number of tetrazole rings is 1. The largest absolute Gasteiger partial charge is 0.505 e. The number of amides is 1. The molecular formula is C23H22Cl2N8O2. The van der Waals surface area contributed by atoms with Crippen LogP contribution in [-0.2, 0) is 4.79 Å². The molecule has 3 N–H and O–H groups in total. The number of hydrogen-bond acceptors (Lipinski definition) is 8. The van der Waals surface area contributed by atoms with E-state index in [1.807, 2.05) is 12.1 Å². The molecule has 35 heavy (non-hydrogen) atoms. The molecule has 2 heterocycles. The van der Waals surface area contributed by atoms with Crippen LogP contribution >= 0.6 is 23.2 Å². The zero-order valence-corrected chi connectivity index (χ0v) is 20.3. The summed E-state index contributed by atoms with van der Waals surface area (Å²) < 4.78 is 0. The number of carbonyl (C=O) groups excluding carboxylic acids is 1. The molecule has 180 valence electrons. The van der Waals surface area contributed by atoms with Gasteiger partial charge in [0.2, 0.25) is 0 Å². The van der Waals surface area contributed by atoms with Crippen molar-refractivity contribution < 1.29 is 9.90 Å². The van der Waals surface area contributed by atoms with Crippen LogP contribution in [0.2, 0.25) is 10.0 Å². The number of phenols is 1. The van der Waals surface area contributed by atoms with Crippen molar-refractivity contribution in [3.8, 4) is 5.75 Å². The van der Waals surface area contributed by atoms with Crippen molar-refractivity contribution in [1.82, 2.24) is 20.6 Å². The Morgan fingerprint density at radius 3 is 2.77 bits per heavy atom. The molecule has 0 bridgehead atoms. The first kappa shape index (κ1) is 23.3. The summed E-state index contributed by atoms with van der Waals surface area (Å²) in [5, 5.41) is 35.8. The average Bonchev–Trinajstić information content (AvgIpc) is 3.49. The number of phenolic OH excluding ortho intramolecular Hbond substituents is 1. The van der Waals surface area contributed by atoms with Gasteiger partial charge in [-0.3, -0.25) is 10.2 Å². The number of benzene rings is 2. The number of carbonyl (C=O) groups is 1. The van der Waals surface area contributed by atoms with E-state index in [0.717, 1.165) is 37.1 Å². The summed E-state index contributed by atoms with van der Waals surface area (Å²) in [6.45, 7) is 1.69. The Labute approximate surface area is 211 Å². The van der Waals surface area contributed by atoms with E-state index in [1.165, 1.54) is 5.01 Å². The summed E-state index contributed by atoms with van der Waals surface area (Å²) >= 11 is 12.1. The van der Waals surface area contributed by atoms with E-state index in [-0.39, 0.29) is 23.3 Å². The van der Waals surface area contributed by atoms with Gasteiger partial charge >= 0.3 is 5.91 Å². The first-order valence-electron chi connectivity index (χ1n) is 11.2. The highest BCUT2D eigenvalue weighted by Crippen LogP contribution is 2.44. The van der Waals surface area contributed by atoms with Crippen molar-refractivity contribution in [3.63, 3.8) is 0 Å². The predicted molar refractivity (Wildman–Crippen MR) is 134 cm³/mol. The topological polar surface area (TPSA) is 132 Å². The lowest BCUT2D eigenvalue weighted by Gasteiger charge is -2.28. The van der Waals surface area contributed by atoms with E-state index < -0.39 is 5.91 Å². The van der Waals surface area contributed by atoms with Gasteiger partial charge in [-0.05, 0) is 72.4 Å². The number of aromatic amines is 1. The van der Waals surface area contributed by atoms with Gasteiger partial charge in [-0.1, -0.05) is 41.8 Å². The van der Waals surface area contributed by atoms with Crippen molar-refractivity contribution in [2.45, 2.75) is 44.4 Å². The highest BCUT2D eigenvalue weighted by molar-refractivity contribution is 6.71. The summed E-state index contributed by atoms with van der Waals surface area (Å²) in [4.78, 5) is 13.0. The van der Waals surface area contributed by atoms with E-state index in [4.69, 9.17) is 23.2 Å². The van der Waals surface area contributed by atoms with Crippen LogP contribution in [0.1, 0.15) is 55.8 Å². The molecule has 12 heteroatoms. The Balaban J connectivity index is 1.34. The molecule has 1 aromatic heterocycles. The number of halogens is 2. The fraction of sp³-hybridized carbons (Fsp3) is 0.304. The lowest BCUT2D eigenvalue weighted by atomic mass is 9.77. The highest BCUT2D eigenvalue weighted by Gasteiger charge is 2.32. The molecule has 2 unspecified atom stereocenters. The molecule has 2 aliphatic rings. The average molecular weight is 513 g/mol. The van der Waals surface area contributed by atoms with Crippen molar-refractivity contribution in [1.29, 1.82) is 0 Å². The molecule has 1 fully saturated rings. The monoisotopic (exact) mass is 512 g/mol. The second-order valence-corrected chi connectivity index (χ2v) is 9.38. The highest BCUT2D eigenvalue weighted by atomic mass is 35.5. The molecule has 2 aromatic carbocycles. The Bertz CT molecular complexity index is 1330. The van der Waals surface area contributed by atoms with Crippen LogP contribution in [0.4, 0.5) is 11.4 Å². The Kier molecular flexibility index (Phi) is 6.40. The number of hydrogen-bond donors (Lipinski definition) is 3. The van der Waals surface area contributed by atoms with E-state index in [1.54, 1.807) is 31.2 Å². The molecule has 3 aromatic rings. The summed E-state index contributed by atoms with van der Waals surface area (Å²) in [5.41, 5.74) is 5.13. The minimum atomic E-state index is -0.417. The summed E-state index contributed by atoms with van der Waals surface area (Å²) in [7, 11) is 0. The van der Waals surface area contributed by atoms with Crippen LogP contribution < -0.4 is 10.4 Å². The lowest BCUT2D eigenvalue weighted by molar-refractivity contribution is -0.112. The van der Waals surface area contributed by atoms with Gasteiger partial charge < -0.3 is 5.11 Å². The van der Waals surface area contributed by atoms with Gasteiger partial charge in [0.05, 0.1) is 27.1 Å². The molecule has 2 atom stereocenters. The van der Waals surface area contributed by atoms with Crippen LogP contribution in [-0.4, -0.2) is 43.1 Å². The maximum absolute atomic E-state index is 13.0. The standard InChI is InChI=1S/C23H22Cl2N8O2/c1-12-20(23(35)33(30-12)15-8-9-17(24)18(25)11-15)27-26-19-7-3-6-16(21(19)34)13-4-2-5-14(10-13)22-28-31-32-29-22/h3,6-9,11,13-14,26,34H,2,4-5,10H2,1H3,(H,28,29,31,32)/b27-20+. The van der Waals surface area contributed by atoms with Crippen LogP contribution in [0.25, 0.3) is 0 Å².